The predicted octanol–water partition coefficient (Wildman–Crippen LogP) is 1.75. The van der Waals surface area contributed by atoms with Crippen LogP contribution in [0, 0.1) is 0 Å². The minimum atomic E-state index is -0.140. The number of carbonyl (C=O) groups excluding carboxylic acids is 2. The Kier molecular flexibility index (Phi) is 5.30. The van der Waals surface area contributed by atoms with Gasteiger partial charge in [0.15, 0.2) is 0 Å². The van der Waals surface area contributed by atoms with Gasteiger partial charge in [0.25, 0.3) is 0 Å². The Bertz CT molecular complexity index is 451. The first-order chi connectivity index (χ1) is 9.63. The third-order valence-electron chi connectivity index (χ3n) is 3.61. The molecule has 0 atom stereocenters. The van der Waals surface area contributed by atoms with Gasteiger partial charge in [-0.25, -0.2) is 0 Å². The first-order valence-electron chi connectivity index (χ1n) is 7.18. The quantitative estimate of drug-likeness (QED) is 0.832. The molecule has 2 rings (SSSR count). The molecular weight excluding hydrogens is 252 g/mol. The van der Waals surface area contributed by atoms with Crippen molar-refractivity contribution in [2.45, 2.75) is 38.8 Å². The highest BCUT2D eigenvalue weighted by atomic mass is 16.2. The maximum atomic E-state index is 11.5. The van der Waals surface area contributed by atoms with Crippen LogP contribution in [0.1, 0.15) is 31.7 Å². The number of hydrogen-bond donors (Lipinski definition) is 1. The van der Waals surface area contributed by atoms with Crippen molar-refractivity contribution in [1.82, 2.24) is 10.2 Å². The van der Waals surface area contributed by atoms with Gasteiger partial charge in [-0.05, 0) is 25.3 Å². The number of ketones is 1. The van der Waals surface area contributed by atoms with E-state index in [0.29, 0.717) is 0 Å². The molecule has 0 unspecified atom stereocenters. The number of Topliss-reactive ketones (excluding diaryl/α,β-unsaturated/α-hetero) is 1. The Morgan fingerprint density at radius 3 is 2.45 bits per heavy atom. The molecule has 0 saturated carbocycles. The minimum Gasteiger partial charge on any atom is -0.353 e. The van der Waals surface area contributed by atoms with Gasteiger partial charge in [-0.1, -0.05) is 30.3 Å². The molecule has 1 saturated heterocycles. The van der Waals surface area contributed by atoms with Crippen molar-refractivity contribution >= 4 is 11.7 Å². The number of carbonyl (C=O) groups is 2. The second kappa shape index (κ2) is 7.20. The first-order valence-corrected chi connectivity index (χ1v) is 7.18. The maximum Gasteiger partial charge on any atom is 0.227 e. The lowest BCUT2D eigenvalue weighted by Crippen LogP contribution is -2.44. The molecule has 1 aromatic rings. The van der Waals surface area contributed by atoms with E-state index < -0.39 is 0 Å². The first kappa shape index (κ1) is 14.7. The summed E-state index contributed by atoms with van der Waals surface area (Å²) in [5.74, 6) is -0.219. The van der Waals surface area contributed by atoms with E-state index in [1.165, 1.54) is 12.5 Å². The lowest BCUT2D eigenvalue weighted by Gasteiger charge is -2.32. The largest absolute Gasteiger partial charge is 0.353 e. The fourth-order valence-electron chi connectivity index (χ4n) is 2.58. The second-order valence-electron chi connectivity index (χ2n) is 5.48. The Balaban J connectivity index is 1.72. The van der Waals surface area contributed by atoms with Crippen molar-refractivity contribution in [3.8, 4) is 0 Å². The molecule has 0 bridgehead atoms. The number of likely N-dealkylation sites (tertiary alicyclic amines) is 1. The highest BCUT2D eigenvalue weighted by Crippen LogP contribution is 2.13. The summed E-state index contributed by atoms with van der Waals surface area (Å²) in [5, 5.41) is 2.95. The van der Waals surface area contributed by atoms with E-state index in [1.807, 2.05) is 6.07 Å². The topological polar surface area (TPSA) is 49.4 Å². The van der Waals surface area contributed by atoms with Crippen molar-refractivity contribution in [1.29, 1.82) is 0 Å². The summed E-state index contributed by atoms with van der Waals surface area (Å²) in [6.07, 6.45) is 1.91. The molecule has 0 aliphatic carbocycles. The van der Waals surface area contributed by atoms with Gasteiger partial charge in [-0.2, -0.15) is 0 Å². The summed E-state index contributed by atoms with van der Waals surface area (Å²) in [6, 6.07) is 10.6. The summed E-state index contributed by atoms with van der Waals surface area (Å²) >= 11 is 0. The third-order valence-corrected chi connectivity index (χ3v) is 3.61. The molecule has 0 aromatic heterocycles. The number of nitrogens with one attached hydrogen (secondary N) is 1. The number of nitrogens with zero attached hydrogens (tertiary/aromatic N) is 1. The van der Waals surface area contributed by atoms with Gasteiger partial charge in [0.05, 0.1) is 6.42 Å². The van der Waals surface area contributed by atoms with E-state index >= 15 is 0 Å². The van der Waals surface area contributed by atoms with Crippen LogP contribution in [0.3, 0.4) is 0 Å². The summed E-state index contributed by atoms with van der Waals surface area (Å²) < 4.78 is 0. The standard InChI is InChI=1S/C16H22N2O2/c1-13(19)11-16(20)17-15-7-9-18(10-8-15)12-14-5-3-2-4-6-14/h2-6,15H,7-12H2,1H3,(H,17,20). The van der Waals surface area contributed by atoms with Crippen molar-refractivity contribution in [3.63, 3.8) is 0 Å². The zero-order chi connectivity index (χ0) is 14.4. The van der Waals surface area contributed by atoms with Crippen LogP contribution in [0.15, 0.2) is 30.3 Å². The molecule has 1 N–H and O–H groups in total. The number of rotatable bonds is 5. The summed E-state index contributed by atoms with van der Waals surface area (Å²) in [5.41, 5.74) is 1.33. The highest BCUT2D eigenvalue weighted by molar-refractivity contribution is 5.96. The fraction of sp³-hybridized carbons (Fsp3) is 0.500. The smallest absolute Gasteiger partial charge is 0.227 e. The lowest BCUT2D eigenvalue weighted by molar-refractivity contribution is -0.127. The molecule has 1 aromatic carbocycles. The van der Waals surface area contributed by atoms with Crippen molar-refractivity contribution in [2.75, 3.05) is 13.1 Å². The summed E-state index contributed by atoms with van der Waals surface area (Å²) in [7, 11) is 0. The average Bonchev–Trinajstić information content (AvgIpc) is 2.41. The van der Waals surface area contributed by atoms with Crippen LogP contribution in [0.25, 0.3) is 0 Å². The van der Waals surface area contributed by atoms with E-state index in [4.69, 9.17) is 0 Å². The molecule has 1 aliphatic heterocycles. The van der Waals surface area contributed by atoms with E-state index in [0.717, 1.165) is 32.5 Å². The van der Waals surface area contributed by atoms with Gasteiger partial charge in [0.2, 0.25) is 5.91 Å². The van der Waals surface area contributed by atoms with Gasteiger partial charge >= 0.3 is 0 Å². The van der Waals surface area contributed by atoms with Gasteiger partial charge in [-0.15, -0.1) is 0 Å². The lowest BCUT2D eigenvalue weighted by atomic mass is 10.0. The number of benzene rings is 1. The predicted molar refractivity (Wildman–Crippen MR) is 78.2 cm³/mol. The van der Waals surface area contributed by atoms with E-state index in [-0.39, 0.29) is 24.2 Å². The van der Waals surface area contributed by atoms with Crippen LogP contribution in [-0.2, 0) is 16.1 Å². The van der Waals surface area contributed by atoms with Gasteiger partial charge in [0.1, 0.15) is 5.78 Å². The number of piperidine rings is 1. The molecule has 108 valence electrons. The monoisotopic (exact) mass is 274 g/mol. The van der Waals surface area contributed by atoms with Gasteiger partial charge < -0.3 is 5.32 Å². The van der Waals surface area contributed by atoms with Crippen LogP contribution in [0.2, 0.25) is 0 Å². The normalized spacial score (nSPS) is 16.9. The molecule has 1 fully saturated rings. The fourth-order valence-corrected chi connectivity index (χ4v) is 2.58. The van der Waals surface area contributed by atoms with Crippen molar-refractivity contribution in [3.05, 3.63) is 35.9 Å². The number of hydrogen-bond acceptors (Lipinski definition) is 3. The van der Waals surface area contributed by atoms with Crippen LogP contribution >= 0.6 is 0 Å². The van der Waals surface area contributed by atoms with Crippen LogP contribution in [0.4, 0.5) is 0 Å². The van der Waals surface area contributed by atoms with Gasteiger partial charge in [0, 0.05) is 25.7 Å². The van der Waals surface area contributed by atoms with E-state index in [1.54, 1.807) is 0 Å². The Hall–Kier alpha value is -1.68. The molecule has 0 radical (unpaired) electrons. The summed E-state index contributed by atoms with van der Waals surface area (Å²) in [6.45, 7) is 4.39. The maximum absolute atomic E-state index is 11.5. The van der Waals surface area contributed by atoms with E-state index in [9.17, 15) is 9.59 Å². The average molecular weight is 274 g/mol. The zero-order valence-corrected chi connectivity index (χ0v) is 12.0. The zero-order valence-electron chi connectivity index (χ0n) is 12.0. The van der Waals surface area contributed by atoms with Crippen molar-refractivity contribution < 1.29 is 9.59 Å². The molecule has 1 aliphatic rings. The molecular formula is C16H22N2O2. The SMILES string of the molecule is CC(=O)CC(=O)NC1CCN(Cc2ccccc2)CC1. The molecule has 1 amide bonds. The Morgan fingerprint density at radius 2 is 1.85 bits per heavy atom. The van der Waals surface area contributed by atoms with Crippen LogP contribution < -0.4 is 5.32 Å². The van der Waals surface area contributed by atoms with Crippen molar-refractivity contribution in [2.24, 2.45) is 0 Å². The molecule has 20 heavy (non-hydrogen) atoms. The third kappa shape index (κ3) is 4.78. The van der Waals surface area contributed by atoms with Crippen LogP contribution in [-0.4, -0.2) is 35.7 Å². The second-order valence-corrected chi connectivity index (χ2v) is 5.48. The molecule has 0 spiro atoms. The summed E-state index contributed by atoms with van der Waals surface area (Å²) in [4.78, 5) is 24.8. The minimum absolute atomic E-state index is 0.00420. The van der Waals surface area contributed by atoms with E-state index in [2.05, 4.69) is 34.5 Å². The molecule has 4 nitrogen and oxygen atoms in total. The Labute approximate surface area is 120 Å². The Morgan fingerprint density at radius 1 is 1.20 bits per heavy atom. The molecule has 4 heteroatoms. The van der Waals surface area contributed by atoms with Crippen LogP contribution in [0.5, 0.6) is 0 Å². The molecule has 1 heterocycles. The van der Waals surface area contributed by atoms with Gasteiger partial charge in [-0.3, -0.25) is 14.5 Å². The highest BCUT2D eigenvalue weighted by Gasteiger charge is 2.20. The number of amides is 1.